The van der Waals surface area contributed by atoms with Crippen LogP contribution in [0, 0.1) is 0 Å². The molecule has 0 aliphatic carbocycles. The van der Waals surface area contributed by atoms with Crippen molar-refractivity contribution in [1.82, 2.24) is 15.0 Å². The predicted octanol–water partition coefficient (Wildman–Crippen LogP) is 4.23. The number of nitrogens with zero attached hydrogens (tertiary/aromatic N) is 4. The quantitative estimate of drug-likeness (QED) is 0.599. The van der Waals surface area contributed by atoms with Crippen molar-refractivity contribution in [3.63, 3.8) is 0 Å². The number of urea groups is 1. The van der Waals surface area contributed by atoms with Crippen molar-refractivity contribution in [2.45, 2.75) is 19.8 Å². The van der Waals surface area contributed by atoms with E-state index in [1.807, 2.05) is 26.0 Å². The maximum absolute atomic E-state index is 12.8. The first-order valence-corrected chi connectivity index (χ1v) is 11.0. The molecule has 174 valence electrons. The lowest BCUT2D eigenvalue weighted by Gasteiger charge is -2.36. The Hall–Kier alpha value is -3.75. The lowest BCUT2D eigenvalue weighted by molar-refractivity contribution is 0.208. The Morgan fingerprint density at radius 2 is 1.76 bits per heavy atom. The minimum atomic E-state index is -0.158. The molecule has 2 amide bonds. The van der Waals surface area contributed by atoms with Crippen molar-refractivity contribution in [2.24, 2.45) is 0 Å². The first-order chi connectivity index (χ1) is 16.0. The molecule has 0 bridgehead atoms. The number of rotatable bonds is 6. The fraction of sp³-hybridized carbons (Fsp3) is 0.375. The fourth-order valence-electron chi connectivity index (χ4n) is 3.68. The molecule has 0 spiro atoms. The number of anilines is 2. The summed E-state index contributed by atoms with van der Waals surface area (Å²) in [7, 11) is 3.16. The lowest BCUT2D eigenvalue weighted by atomic mass is 10.1. The van der Waals surface area contributed by atoms with E-state index in [9.17, 15) is 4.79 Å². The highest BCUT2D eigenvalue weighted by Gasteiger charge is 2.22. The molecule has 1 aliphatic rings. The van der Waals surface area contributed by atoms with Gasteiger partial charge >= 0.3 is 6.03 Å². The van der Waals surface area contributed by atoms with Crippen LogP contribution in [0.4, 0.5) is 16.2 Å². The van der Waals surface area contributed by atoms with Gasteiger partial charge in [0.05, 0.1) is 19.9 Å². The molecule has 9 nitrogen and oxygen atoms in total. The Bertz CT molecular complexity index is 1090. The zero-order valence-electron chi connectivity index (χ0n) is 19.4. The van der Waals surface area contributed by atoms with Crippen molar-refractivity contribution in [2.75, 3.05) is 50.6 Å². The van der Waals surface area contributed by atoms with Gasteiger partial charge in [-0.25, -0.2) is 4.79 Å². The number of ether oxygens (including phenoxy) is 2. The number of carbonyl (C=O) groups excluding carboxylic acids is 1. The number of aromatic nitrogens is 2. The number of benzene rings is 2. The summed E-state index contributed by atoms with van der Waals surface area (Å²) in [6.07, 6.45) is 0. The smallest absolute Gasteiger partial charge is 0.322 e. The van der Waals surface area contributed by atoms with Crippen molar-refractivity contribution in [1.29, 1.82) is 0 Å². The molecule has 2 aromatic carbocycles. The third-order valence-electron chi connectivity index (χ3n) is 5.64. The van der Waals surface area contributed by atoms with Crippen LogP contribution in [0.15, 0.2) is 47.0 Å². The van der Waals surface area contributed by atoms with Crippen molar-refractivity contribution in [3.8, 4) is 22.9 Å². The fourth-order valence-corrected chi connectivity index (χ4v) is 3.68. The number of amides is 2. The topological polar surface area (TPSA) is 93.0 Å². The van der Waals surface area contributed by atoms with Crippen LogP contribution >= 0.6 is 0 Å². The number of nitrogens with one attached hydrogen (secondary N) is 1. The maximum atomic E-state index is 12.8. The molecule has 33 heavy (non-hydrogen) atoms. The van der Waals surface area contributed by atoms with E-state index in [2.05, 4.69) is 32.5 Å². The van der Waals surface area contributed by atoms with E-state index in [-0.39, 0.29) is 11.9 Å². The minimum Gasteiger partial charge on any atom is -0.497 e. The van der Waals surface area contributed by atoms with Crippen LogP contribution < -0.4 is 19.7 Å². The van der Waals surface area contributed by atoms with E-state index in [0.29, 0.717) is 42.0 Å². The SMILES string of the molecule is COc1ccc(OC)c(NC(=O)N2CCN(c3ccc(-c4noc(C(C)C)n4)cc3)CC2)c1. The summed E-state index contributed by atoms with van der Waals surface area (Å²) < 4.78 is 15.9. The normalized spacial score (nSPS) is 13.8. The summed E-state index contributed by atoms with van der Waals surface area (Å²) in [6, 6.07) is 13.3. The van der Waals surface area contributed by atoms with Gasteiger partial charge in [0, 0.05) is 49.4 Å². The molecule has 0 atom stereocenters. The second-order valence-electron chi connectivity index (χ2n) is 8.13. The van der Waals surface area contributed by atoms with Gasteiger partial charge in [0.2, 0.25) is 11.7 Å². The van der Waals surface area contributed by atoms with Gasteiger partial charge in [-0.05, 0) is 36.4 Å². The maximum Gasteiger partial charge on any atom is 0.322 e. The van der Waals surface area contributed by atoms with Gasteiger partial charge in [-0.1, -0.05) is 19.0 Å². The van der Waals surface area contributed by atoms with Crippen LogP contribution in [0.2, 0.25) is 0 Å². The second kappa shape index (κ2) is 9.81. The molecule has 1 N–H and O–H groups in total. The average Bonchev–Trinajstić information content (AvgIpc) is 3.35. The van der Waals surface area contributed by atoms with E-state index >= 15 is 0 Å². The van der Waals surface area contributed by atoms with Crippen LogP contribution in [-0.2, 0) is 0 Å². The van der Waals surface area contributed by atoms with Crippen LogP contribution in [-0.4, -0.2) is 61.5 Å². The van der Waals surface area contributed by atoms with E-state index in [1.165, 1.54) is 0 Å². The lowest BCUT2D eigenvalue weighted by Crippen LogP contribution is -2.50. The minimum absolute atomic E-state index is 0.158. The highest BCUT2D eigenvalue weighted by molar-refractivity contribution is 5.91. The third-order valence-corrected chi connectivity index (χ3v) is 5.64. The Balaban J connectivity index is 1.35. The van der Waals surface area contributed by atoms with E-state index in [4.69, 9.17) is 14.0 Å². The number of methoxy groups -OCH3 is 2. The Kier molecular flexibility index (Phi) is 6.67. The predicted molar refractivity (Wildman–Crippen MR) is 126 cm³/mol. The van der Waals surface area contributed by atoms with E-state index in [0.717, 1.165) is 24.3 Å². The molecule has 4 rings (SSSR count). The Morgan fingerprint density at radius 3 is 2.36 bits per heavy atom. The molecule has 0 unspecified atom stereocenters. The van der Waals surface area contributed by atoms with Crippen LogP contribution in [0.3, 0.4) is 0 Å². The molecule has 0 saturated carbocycles. The highest BCUT2D eigenvalue weighted by atomic mass is 16.5. The standard InChI is InChI=1S/C24H29N5O4/c1-16(2)23-26-22(27-33-23)17-5-7-18(8-6-17)28-11-13-29(14-12-28)24(30)25-20-15-19(31-3)9-10-21(20)32-4/h5-10,15-16H,11-14H2,1-4H3,(H,25,30). The molecule has 9 heteroatoms. The first-order valence-electron chi connectivity index (χ1n) is 11.0. The van der Waals surface area contributed by atoms with E-state index < -0.39 is 0 Å². The summed E-state index contributed by atoms with van der Waals surface area (Å²) >= 11 is 0. The average molecular weight is 452 g/mol. The highest BCUT2D eigenvalue weighted by Crippen LogP contribution is 2.29. The van der Waals surface area contributed by atoms with E-state index in [1.54, 1.807) is 37.3 Å². The molecule has 3 aromatic rings. The molecule has 1 saturated heterocycles. The number of piperazine rings is 1. The largest absolute Gasteiger partial charge is 0.497 e. The van der Waals surface area contributed by atoms with Crippen molar-refractivity contribution >= 4 is 17.4 Å². The second-order valence-corrected chi connectivity index (χ2v) is 8.13. The molecular formula is C24H29N5O4. The molecule has 1 aromatic heterocycles. The molecular weight excluding hydrogens is 422 g/mol. The summed E-state index contributed by atoms with van der Waals surface area (Å²) in [4.78, 5) is 21.3. The van der Waals surface area contributed by atoms with Gasteiger partial charge in [-0.3, -0.25) is 0 Å². The summed E-state index contributed by atoms with van der Waals surface area (Å²) in [5.74, 6) is 2.67. The molecule has 1 aliphatic heterocycles. The zero-order valence-corrected chi connectivity index (χ0v) is 19.4. The number of hydrogen-bond acceptors (Lipinski definition) is 7. The Labute approximate surface area is 193 Å². The molecule has 2 heterocycles. The van der Waals surface area contributed by atoms with Crippen molar-refractivity contribution in [3.05, 3.63) is 48.4 Å². The Morgan fingerprint density at radius 1 is 1.03 bits per heavy atom. The van der Waals surface area contributed by atoms with Gasteiger partial charge in [0.1, 0.15) is 11.5 Å². The molecule has 0 radical (unpaired) electrons. The van der Waals surface area contributed by atoms with Gasteiger partial charge in [-0.2, -0.15) is 4.98 Å². The van der Waals surface area contributed by atoms with Gasteiger partial charge < -0.3 is 29.1 Å². The number of carbonyl (C=O) groups is 1. The van der Waals surface area contributed by atoms with Gasteiger partial charge in [0.15, 0.2) is 0 Å². The van der Waals surface area contributed by atoms with Crippen LogP contribution in [0.25, 0.3) is 11.4 Å². The van der Waals surface area contributed by atoms with Crippen molar-refractivity contribution < 1.29 is 18.8 Å². The summed E-state index contributed by atoms with van der Waals surface area (Å²) in [6.45, 7) is 6.75. The van der Waals surface area contributed by atoms with Gasteiger partial charge in [-0.15, -0.1) is 0 Å². The summed E-state index contributed by atoms with van der Waals surface area (Å²) in [5.41, 5.74) is 2.60. The zero-order chi connectivity index (χ0) is 23.4. The van der Waals surface area contributed by atoms with Crippen LogP contribution in [0.1, 0.15) is 25.7 Å². The first kappa shape index (κ1) is 22.4. The summed E-state index contributed by atoms with van der Waals surface area (Å²) in [5, 5.41) is 7.01. The third kappa shape index (κ3) is 5.02. The monoisotopic (exact) mass is 451 g/mol. The van der Waals surface area contributed by atoms with Gasteiger partial charge in [0.25, 0.3) is 0 Å². The van der Waals surface area contributed by atoms with Crippen LogP contribution in [0.5, 0.6) is 11.5 Å². The number of hydrogen-bond donors (Lipinski definition) is 1. The molecule has 1 fully saturated rings.